The first-order chi connectivity index (χ1) is 18.3. The smallest absolute Gasteiger partial charge is 0.413 e. The van der Waals surface area contributed by atoms with Crippen molar-refractivity contribution in [3.05, 3.63) is 65.9 Å². The number of aromatic nitrogens is 5. The number of nitrogens with zero attached hydrogens (tertiary/aromatic N) is 7. The molecular weight excluding hydrogens is 506 g/mol. The lowest BCUT2D eigenvalue weighted by Crippen LogP contribution is -2.56. The van der Waals surface area contributed by atoms with E-state index < -0.39 is 12.1 Å². The van der Waals surface area contributed by atoms with Crippen LogP contribution in [0.1, 0.15) is 11.5 Å². The first kappa shape index (κ1) is 24.5. The monoisotopic (exact) mass is 529 g/mol. The summed E-state index contributed by atoms with van der Waals surface area (Å²) in [5.74, 6) is -1.95. The molecule has 0 spiro atoms. The normalized spacial score (nSPS) is 17.1. The molecule has 0 aliphatic carbocycles. The van der Waals surface area contributed by atoms with E-state index in [-0.39, 0.29) is 11.7 Å². The van der Waals surface area contributed by atoms with Gasteiger partial charge in [0.2, 0.25) is 5.89 Å². The molecule has 0 bridgehead atoms. The first-order valence-electron chi connectivity index (χ1n) is 12.1. The van der Waals surface area contributed by atoms with E-state index in [0.29, 0.717) is 35.1 Å². The molecule has 0 atom stereocenters. The third-order valence-electron chi connectivity index (χ3n) is 6.80. The number of rotatable bonds is 6. The molecule has 6 rings (SSSR count). The van der Waals surface area contributed by atoms with Gasteiger partial charge in [-0.2, -0.15) is 13.2 Å². The number of anilines is 1. The van der Waals surface area contributed by atoms with Gasteiger partial charge in [-0.3, -0.25) is 4.90 Å². The second-order valence-electron chi connectivity index (χ2n) is 9.26. The molecule has 13 heteroatoms. The van der Waals surface area contributed by atoms with Gasteiger partial charge in [-0.25, -0.2) is 9.07 Å². The lowest BCUT2D eigenvalue weighted by atomic mass is 10.1. The Balaban J connectivity index is 1.13. The minimum absolute atomic E-state index is 0.222. The molecule has 2 saturated heterocycles. The number of benzene rings is 2. The maximum atomic E-state index is 15.6. The van der Waals surface area contributed by atoms with Crippen LogP contribution in [-0.2, 0) is 17.5 Å². The highest BCUT2D eigenvalue weighted by molar-refractivity contribution is 5.66. The Morgan fingerprint density at radius 1 is 0.921 bits per heavy atom. The second-order valence-corrected chi connectivity index (χ2v) is 9.26. The lowest BCUT2D eigenvalue weighted by Gasteiger charge is -2.43. The zero-order chi connectivity index (χ0) is 26.3. The minimum atomic E-state index is -4.70. The van der Waals surface area contributed by atoms with Gasteiger partial charge in [0.25, 0.3) is 0 Å². The fourth-order valence-electron chi connectivity index (χ4n) is 4.62. The van der Waals surface area contributed by atoms with E-state index in [2.05, 4.69) is 30.3 Å². The lowest BCUT2D eigenvalue weighted by molar-refractivity contribution is -0.156. The fraction of sp³-hybridized carbons (Fsp3) is 0.360. The Morgan fingerprint density at radius 3 is 2.34 bits per heavy atom. The molecule has 38 heavy (non-hydrogen) atoms. The topological polar surface area (TPSA) is 85.3 Å². The number of piperazine rings is 1. The van der Waals surface area contributed by atoms with Crippen LogP contribution in [0, 0.1) is 5.82 Å². The molecule has 2 aromatic heterocycles. The molecule has 2 fully saturated rings. The molecule has 0 N–H and O–H groups in total. The molecule has 9 nitrogen and oxygen atoms in total. The molecule has 0 unspecified atom stereocenters. The fourth-order valence-corrected chi connectivity index (χ4v) is 4.62. The zero-order valence-corrected chi connectivity index (χ0v) is 20.1. The Morgan fingerprint density at radius 2 is 1.68 bits per heavy atom. The summed E-state index contributed by atoms with van der Waals surface area (Å²) in [5.41, 5.74) is 2.50. The van der Waals surface area contributed by atoms with Crippen molar-refractivity contribution in [1.82, 2.24) is 30.1 Å². The summed E-state index contributed by atoms with van der Waals surface area (Å²) in [4.78, 5) is 4.45. The van der Waals surface area contributed by atoms with E-state index in [1.165, 1.54) is 0 Å². The average molecular weight is 529 g/mol. The predicted molar refractivity (Wildman–Crippen MR) is 128 cm³/mol. The van der Waals surface area contributed by atoms with Crippen molar-refractivity contribution in [3.63, 3.8) is 0 Å². The predicted octanol–water partition coefficient (Wildman–Crippen LogP) is 3.72. The van der Waals surface area contributed by atoms with Crippen LogP contribution in [0.5, 0.6) is 0 Å². The third kappa shape index (κ3) is 4.86. The summed E-state index contributed by atoms with van der Waals surface area (Å²) in [6.07, 6.45) is -3.03. The summed E-state index contributed by atoms with van der Waals surface area (Å²) in [5, 5.41) is 14.8. The largest absolute Gasteiger partial charge is 0.470 e. The Labute approximate surface area is 214 Å². The maximum absolute atomic E-state index is 15.6. The van der Waals surface area contributed by atoms with Gasteiger partial charge in [-0.1, -0.05) is 23.4 Å². The van der Waals surface area contributed by atoms with Gasteiger partial charge in [0, 0.05) is 37.3 Å². The van der Waals surface area contributed by atoms with E-state index in [4.69, 9.17) is 9.15 Å². The van der Waals surface area contributed by atoms with Crippen LogP contribution in [0.3, 0.4) is 0 Å². The molecule has 0 saturated carbocycles. The highest BCUT2D eigenvalue weighted by Crippen LogP contribution is 2.31. The molecule has 198 valence electrons. The summed E-state index contributed by atoms with van der Waals surface area (Å²) >= 11 is 0. The Hall–Kier alpha value is -3.84. The molecule has 2 aliphatic rings. The Kier molecular flexibility index (Phi) is 6.32. The van der Waals surface area contributed by atoms with Crippen LogP contribution >= 0.6 is 0 Å². The number of hydrogen-bond donors (Lipinski definition) is 0. The van der Waals surface area contributed by atoms with Crippen molar-refractivity contribution in [2.24, 2.45) is 0 Å². The number of ether oxygens (including phenoxy) is 1. The molecule has 0 radical (unpaired) electrons. The van der Waals surface area contributed by atoms with E-state index in [1.807, 2.05) is 6.07 Å². The van der Waals surface area contributed by atoms with Crippen molar-refractivity contribution >= 4 is 5.69 Å². The average Bonchev–Trinajstić information content (AvgIpc) is 3.55. The van der Waals surface area contributed by atoms with Crippen LogP contribution in [0.4, 0.5) is 23.2 Å². The van der Waals surface area contributed by atoms with Gasteiger partial charge in [0.15, 0.2) is 5.82 Å². The van der Waals surface area contributed by atoms with E-state index in [1.54, 1.807) is 47.3 Å². The zero-order valence-electron chi connectivity index (χ0n) is 20.1. The SMILES string of the molecule is Fc1c(-c2cn(Cc3ccc(-c4nnc(C(F)(F)F)o4)cc3)nn2)cccc1N1CCN(C2COC2)CC1. The van der Waals surface area contributed by atoms with Crippen molar-refractivity contribution in [1.29, 1.82) is 0 Å². The highest BCUT2D eigenvalue weighted by Gasteiger charge is 2.38. The quantitative estimate of drug-likeness (QED) is 0.350. The van der Waals surface area contributed by atoms with Gasteiger partial charge >= 0.3 is 12.1 Å². The molecular formula is C25H23F4N7O2. The van der Waals surface area contributed by atoms with Gasteiger partial charge in [0.05, 0.1) is 37.7 Å². The van der Waals surface area contributed by atoms with Gasteiger partial charge in [-0.15, -0.1) is 15.3 Å². The third-order valence-corrected chi connectivity index (χ3v) is 6.80. The number of alkyl halides is 3. The van der Waals surface area contributed by atoms with Crippen LogP contribution in [0.25, 0.3) is 22.7 Å². The van der Waals surface area contributed by atoms with E-state index in [0.717, 1.165) is 45.0 Å². The molecule has 2 aliphatic heterocycles. The maximum Gasteiger partial charge on any atom is 0.470 e. The molecule has 2 aromatic carbocycles. The van der Waals surface area contributed by atoms with Crippen molar-refractivity contribution in [3.8, 4) is 22.7 Å². The van der Waals surface area contributed by atoms with E-state index in [9.17, 15) is 13.2 Å². The standard InChI is InChI=1S/C25H23F4N7O2/c26-22-19(2-1-3-21(22)35-10-8-34(9-11-35)18-14-37-15-18)20-13-36(33-30-20)12-16-4-6-17(7-5-16)23-31-32-24(38-23)25(27,28)29/h1-7,13,18H,8-12,14-15H2. The molecule has 4 heterocycles. The molecule has 0 amide bonds. The van der Waals surface area contributed by atoms with Crippen molar-refractivity contribution in [2.75, 3.05) is 44.3 Å². The number of halogens is 4. The summed E-state index contributed by atoms with van der Waals surface area (Å²) in [7, 11) is 0. The molecule has 4 aromatic rings. The number of hydrogen-bond acceptors (Lipinski definition) is 8. The van der Waals surface area contributed by atoms with Crippen LogP contribution in [0.2, 0.25) is 0 Å². The van der Waals surface area contributed by atoms with Gasteiger partial charge < -0.3 is 14.1 Å². The minimum Gasteiger partial charge on any atom is -0.413 e. The van der Waals surface area contributed by atoms with Crippen LogP contribution in [0.15, 0.2) is 53.1 Å². The first-order valence-corrected chi connectivity index (χ1v) is 12.1. The summed E-state index contributed by atoms with van der Waals surface area (Å²) in [6, 6.07) is 12.4. The van der Waals surface area contributed by atoms with Crippen molar-refractivity contribution < 1.29 is 26.7 Å². The summed E-state index contributed by atoms with van der Waals surface area (Å²) < 4.78 is 65.2. The second kappa shape index (κ2) is 9.80. The van der Waals surface area contributed by atoms with Gasteiger partial charge in [-0.05, 0) is 29.8 Å². The van der Waals surface area contributed by atoms with Crippen LogP contribution in [-0.4, -0.2) is 75.5 Å². The van der Waals surface area contributed by atoms with Crippen LogP contribution < -0.4 is 4.90 Å². The van der Waals surface area contributed by atoms with Crippen molar-refractivity contribution in [2.45, 2.75) is 18.8 Å². The van der Waals surface area contributed by atoms with E-state index >= 15 is 4.39 Å². The highest BCUT2D eigenvalue weighted by atomic mass is 19.4. The Bertz CT molecular complexity index is 1410. The summed E-state index contributed by atoms with van der Waals surface area (Å²) in [6.45, 7) is 5.07. The van der Waals surface area contributed by atoms with Gasteiger partial charge in [0.1, 0.15) is 5.69 Å².